The van der Waals surface area contributed by atoms with Crippen LogP contribution in [-0.2, 0) is 9.53 Å². The highest BCUT2D eigenvalue weighted by Crippen LogP contribution is 2.24. The van der Waals surface area contributed by atoms with Gasteiger partial charge in [-0.1, -0.05) is 23.7 Å². The molecule has 1 N–H and O–H groups in total. The van der Waals surface area contributed by atoms with Crippen LogP contribution in [0.3, 0.4) is 0 Å². The van der Waals surface area contributed by atoms with Crippen molar-refractivity contribution in [2.24, 2.45) is 0 Å². The highest BCUT2D eigenvalue weighted by atomic mass is 35.5. The van der Waals surface area contributed by atoms with Crippen LogP contribution in [-0.4, -0.2) is 48.7 Å². The van der Waals surface area contributed by atoms with Crippen LogP contribution in [0.2, 0.25) is 5.02 Å². The predicted octanol–water partition coefficient (Wildman–Crippen LogP) is 3.16. The van der Waals surface area contributed by atoms with E-state index >= 15 is 0 Å². The number of nitrogens with one attached hydrogen (secondary N) is 1. The maximum Gasteiger partial charge on any atom is 0.308 e. The molecule has 1 aromatic heterocycles. The largest absolute Gasteiger partial charge is 0.497 e. The van der Waals surface area contributed by atoms with E-state index in [1.165, 1.54) is 6.20 Å². The molecule has 160 valence electrons. The van der Waals surface area contributed by atoms with Gasteiger partial charge in [0, 0.05) is 13.1 Å². The molecule has 30 heavy (non-hydrogen) atoms. The average Bonchev–Trinajstić information content (AvgIpc) is 3.28. The van der Waals surface area contributed by atoms with Crippen molar-refractivity contribution in [3.8, 4) is 5.75 Å². The summed E-state index contributed by atoms with van der Waals surface area (Å²) in [4.78, 5) is 35.8. The van der Waals surface area contributed by atoms with Gasteiger partial charge >= 0.3 is 5.97 Å². The fraction of sp³-hybridized carbons (Fsp3) is 0.429. The Kier molecular flexibility index (Phi) is 7.46. The molecule has 1 aromatic carbocycles. The molecule has 1 saturated heterocycles. The van der Waals surface area contributed by atoms with Gasteiger partial charge in [0.25, 0.3) is 5.91 Å². The molecule has 1 aliphatic rings. The number of methoxy groups -OCH3 is 1. The molecule has 0 aliphatic carbocycles. The van der Waals surface area contributed by atoms with Gasteiger partial charge in [-0.3, -0.25) is 9.59 Å². The fourth-order valence-corrected chi connectivity index (χ4v) is 3.49. The summed E-state index contributed by atoms with van der Waals surface area (Å²) in [5.74, 6) is 0.189. The molecule has 0 bridgehead atoms. The van der Waals surface area contributed by atoms with Crippen molar-refractivity contribution in [1.82, 2.24) is 15.3 Å². The third-order valence-corrected chi connectivity index (χ3v) is 5.09. The SMILES string of the molecule is CCOC(=O)CC(NC(=O)c1nc(N2CCCC2)ncc1Cl)c1cccc(OC)c1. The molecule has 2 aromatic rings. The Labute approximate surface area is 180 Å². The molecule has 1 unspecified atom stereocenters. The Hall–Kier alpha value is -2.87. The van der Waals surface area contributed by atoms with E-state index in [4.69, 9.17) is 21.1 Å². The Morgan fingerprint density at radius 1 is 1.30 bits per heavy atom. The zero-order valence-corrected chi connectivity index (χ0v) is 17.8. The third kappa shape index (κ3) is 5.38. The van der Waals surface area contributed by atoms with Crippen LogP contribution < -0.4 is 15.0 Å². The molecule has 3 rings (SSSR count). The van der Waals surface area contributed by atoms with E-state index in [0.29, 0.717) is 17.3 Å². The Bertz CT molecular complexity index is 902. The summed E-state index contributed by atoms with van der Waals surface area (Å²) in [5, 5.41) is 3.01. The second kappa shape index (κ2) is 10.2. The molecule has 9 heteroatoms. The first kappa shape index (κ1) is 21.8. The van der Waals surface area contributed by atoms with Crippen LogP contribution in [0.4, 0.5) is 5.95 Å². The summed E-state index contributed by atoms with van der Waals surface area (Å²) in [6.45, 7) is 3.68. The molecule has 0 saturated carbocycles. The summed E-state index contributed by atoms with van der Waals surface area (Å²) >= 11 is 6.21. The van der Waals surface area contributed by atoms with Gasteiger partial charge in [0.15, 0.2) is 5.69 Å². The number of amides is 1. The first-order chi connectivity index (χ1) is 14.5. The lowest BCUT2D eigenvalue weighted by Gasteiger charge is -2.20. The monoisotopic (exact) mass is 432 g/mol. The fourth-order valence-electron chi connectivity index (χ4n) is 3.31. The predicted molar refractivity (Wildman–Crippen MR) is 113 cm³/mol. The smallest absolute Gasteiger partial charge is 0.308 e. The van der Waals surface area contributed by atoms with Gasteiger partial charge < -0.3 is 19.7 Å². The second-order valence-corrected chi connectivity index (χ2v) is 7.28. The Balaban J connectivity index is 1.85. The lowest BCUT2D eigenvalue weighted by atomic mass is 10.0. The van der Waals surface area contributed by atoms with E-state index in [9.17, 15) is 9.59 Å². The van der Waals surface area contributed by atoms with Gasteiger partial charge in [-0.05, 0) is 37.5 Å². The van der Waals surface area contributed by atoms with Crippen molar-refractivity contribution in [2.45, 2.75) is 32.2 Å². The van der Waals surface area contributed by atoms with E-state index in [1.807, 2.05) is 11.0 Å². The van der Waals surface area contributed by atoms with E-state index in [1.54, 1.807) is 32.2 Å². The number of carbonyl (C=O) groups is 2. The minimum absolute atomic E-state index is 0.0333. The van der Waals surface area contributed by atoms with Gasteiger partial charge in [-0.25, -0.2) is 9.97 Å². The summed E-state index contributed by atoms with van der Waals surface area (Å²) in [7, 11) is 1.55. The van der Waals surface area contributed by atoms with Crippen LogP contribution in [0.5, 0.6) is 5.75 Å². The minimum Gasteiger partial charge on any atom is -0.497 e. The topological polar surface area (TPSA) is 93.6 Å². The van der Waals surface area contributed by atoms with Crippen molar-refractivity contribution in [2.75, 3.05) is 31.7 Å². The molecule has 0 spiro atoms. The molecule has 1 atom stereocenters. The molecular weight excluding hydrogens is 408 g/mol. The van der Waals surface area contributed by atoms with Gasteiger partial charge in [0.05, 0.1) is 37.4 Å². The van der Waals surface area contributed by atoms with Crippen LogP contribution in [0.15, 0.2) is 30.5 Å². The Morgan fingerprint density at radius 2 is 2.07 bits per heavy atom. The number of aromatic nitrogens is 2. The third-order valence-electron chi connectivity index (χ3n) is 4.81. The summed E-state index contributed by atoms with van der Waals surface area (Å²) in [5.41, 5.74) is 0.783. The lowest BCUT2D eigenvalue weighted by molar-refractivity contribution is -0.143. The standard InChI is InChI=1S/C21H25ClN4O4/c1-3-30-18(27)12-17(14-7-6-8-15(11-14)29-2)24-20(28)19-16(22)13-23-21(25-19)26-9-4-5-10-26/h6-8,11,13,17H,3-5,9-10,12H2,1-2H3,(H,24,28). The molecule has 1 amide bonds. The zero-order chi connectivity index (χ0) is 21.5. The first-order valence-corrected chi connectivity index (χ1v) is 10.3. The van der Waals surface area contributed by atoms with E-state index in [2.05, 4.69) is 15.3 Å². The quantitative estimate of drug-likeness (QED) is 0.640. The summed E-state index contributed by atoms with van der Waals surface area (Å²) in [6, 6.07) is 6.52. The van der Waals surface area contributed by atoms with E-state index in [-0.39, 0.29) is 23.7 Å². The number of nitrogens with zero attached hydrogens (tertiary/aromatic N) is 3. The number of anilines is 1. The van der Waals surface area contributed by atoms with Crippen LogP contribution in [0.1, 0.15) is 48.3 Å². The number of rotatable bonds is 8. The van der Waals surface area contributed by atoms with Gasteiger partial charge in [-0.2, -0.15) is 0 Å². The summed E-state index contributed by atoms with van der Waals surface area (Å²) < 4.78 is 10.3. The molecule has 1 fully saturated rings. The number of halogens is 1. The maximum absolute atomic E-state index is 13.0. The molecular formula is C21H25ClN4O4. The lowest BCUT2D eigenvalue weighted by Crippen LogP contribution is -2.32. The molecule has 8 nitrogen and oxygen atoms in total. The average molecular weight is 433 g/mol. The van der Waals surface area contributed by atoms with Crippen molar-refractivity contribution in [3.05, 3.63) is 46.7 Å². The Morgan fingerprint density at radius 3 is 2.77 bits per heavy atom. The van der Waals surface area contributed by atoms with E-state index < -0.39 is 17.9 Å². The van der Waals surface area contributed by atoms with Gasteiger partial charge in [0.2, 0.25) is 5.95 Å². The van der Waals surface area contributed by atoms with Crippen LogP contribution >= 0.6 is 11.6 Å². The van der Waals surface area contributed by atoms with Gasteiger partial charge in [-0.15, -0.1) is 0 Å². The number of hydrogen-bond donors (Lipinski definition) is 1. The first-order valence-electron chi connectivity index (χ1n) is 9.89. The highest BCUT2D eigenvalue weighted by Gasteiger charge is 2.24. The number of ether oxygens (including phenoxy) is 2. The normalized spacial score (nSPS) is 14.3. The number of carbonyl (C=O) groups excluding carboxylic acids is 2. The molecule has 0 radical (unpaired) electrons. The zero-order valence-electron chi connectivity index (χ0n) is 17.1. The van der Waals surface area contributed by atoms with Crippen LogP contribution in [0, 0.1) is 0 Å². The van der Waals surface area contributed by atoms with Gasteiger partial charge in [0.1, 0.15) is 5.75 Å². The van der Waals surface area contributed by atoms with Crippen molar-refractivity contribution >= 4 is 29.4 Å². The molecule has 2 heterocycles. The number of hydrogen-bond acceptors (Lipinski definition) is 7. The highest BCUT2D eigenvalue weighted by molar-refractivity contribution is 6.33. The second-order valence-electron chi connectivity index (χ2n) is 6.87. The van der Waals surface area contributed by atoms with Crippen molar-refractivity contribution < 1.29 is 19.1 Å². The van der Waals surface area contributed by atoms with Crippen molar-refractivity contribution in [1.29, 1.82) is 0 Å². The van der Waals surface area contributed by atoms with E-state index in [0.717, 1.165) is 25.9 Å². The maximum atomic E-state index is 13.0. The minimum atomic E-state index is -0.632. The summed E-state index contributed by atoms with van der Waals surface area (Å²) in [6.07, 6.45) is 3.52. The van der Waals surface area contributed by atoms with Crippen LogP contribution in [0.25, 0.3) is 0 Å². The number of benzene rings is 1. The number of esters is 1. The van der Waals surface area contributed by atoms with Crippen molar-refractivity contribution in [3.63, 3.8) is 0 Å². The molecule has 1 aliphatic heterocycles.